The minimum atomic E-state index is -4.45. The normalized spacial score (nSPS) is 11.1. The smallest absolute Gasteiger partial charge is 0.872 e. The zero-order chi connectivity index (χ0) is 20.4. The van der Waals surface area contributed by atoms with Gasteiger partial charge in [-0.15, -0.1) is 5.75 Å². The summed E-state index contributed by atoms with van der Waals surface area (Å²) >= 11 is 0. The first-order chi connectivity index (χ1) is 13.4. The molecule has 0 saturated heterocycles. The van der Waals surface area contributed by atoms with E-state index in [1.54, 1.807) is 6.07 Å². The summed E-state index contributed by atoms with van der Waals surface area (Å²) in [4.78, 5) is -0.468. The molecule has 0 saturated carbocycles. The number of hydrogen-bond donors (Lipinski definition) is 1. The van der Waals surface area contributed by atoms with Gasteiger partial charge in [-0.25, -0.2) is 0 Å². The Kier molecular flexibility index (Phi) is 11.9. The van der Waals surface area contributed by atoms with Gasteiger partial charge >= 0.3 is 29.6 Å². The van der Waals surface area contributed by atoms with E-state index in [1.165, 1.54) is 51.0 Å². The van der Waals surface area contributed by atoms with Crippen LogP contribution in [0.15, 0.2) is 47.4 Å². The van der Waals surface area contributed by atoms with Gasteiger partial charge in [-0.2, -0.15) is 8.42 Å². The molecule has 0 fully saturated rings. The molecule has 2 aromatic carbocycles. The van der Waals surface area contributed by atoms with E-state index in [-0.39, 0.29) is 35.3 Å². The van der Waals surface area contributed by atoms with Crippen molar-refractivity contribution in [3.8, 4) is 17.2 Å². The molecule has 0 bridgehead atoms. The van der Waals surface area contributed by atoms with E-state index in [0.29, 0.717) is 5.75 Å². The monoisotopic (exact) mass is 428 g/mol. The molecular weight excluding hydrogens is 399 g/mol. The van der Waals surface area contributed by atoms with Crippen LogP contribution in [-0.4, -0.2) is 13.0 Å². The van der Waals surface area contributed by atoms with Crippen LogP contribution < -0.4 is 39.4 Å². The van der Waals surface area contributed by atoms with Crippen molar-refractivity contribution in [1.29, 1.82) is 0 Å². The molecule has 0 aliphatic heterocycles. The number of aryl methyl sites for hydroxylation is 1. The van der Waals surface area contributed by atoms with Crippen molar-refractivity contribution in [3.05, 3.63) is 48.0 Å². The third-order valence-electron chi connectivity index (χ3n) is 4.60. The molecule has 2 rings (SSSR count). The van der Waals surface area contributed by atoms with Crippen LogP contribution in [0.1, 0.15) is 63.9 Å². The molecule has 0 aromatic heterocycles. The van der Waals surface area contributed by atoms with Gasteiger partial charge in [-0.05, 0) is 42.7 Å². The third-order valence-corrected chi connectivity index (χ3v) is 5.44. The summed E-state index contributed by atoms with van der Waals surface area (Å²) in [5.74, 6) is 0.0773. The fourth-order valence-corrected chi connectivity index (χ4v) is 3.65. The van der Waals surface area contributed by atoms with Gasteiger partial charge in [0, 0.05) is 6.07 Å². The van der Waals surface area contributed by atoms with Gasteiger partial charge in [-0.3, -0.25) is 4.55 Å². The predicted molar refractivity (Wildman–Crippen MR) is 109 cm³/mol. The van der Waals surface area contributed by atoms with E-state index >= 15 is 0 Å². The van der Waals surface area contributed by atoms with Gasteiger partial charge in [0.05, 0.1) is 4.90 Å². The number of rotatable bonds is 12. The Balaban J connectivity index is 0.00000420. The van der Waals surface area contributed by atoms with E-state index in [4.69, 9.17) is 9.29 Å². The zero-order valence-electron chi connectivity index (χ0n) is 17.4. The summed E-state index contributed by atoms with van der Waals surface area (Å²) in [6, 6.07) is 10.7. The Labute approximate surface area is 196 Å². The first-order valence-electron chi connectivity index (χ1n) is 9.95. The molecule has 154 valence electrons. The summed E-state index contributed by atoms with van der Waals surface area (Å²) in [5.41, 5.74) is 1.14. The van der Waals surface area contributed by atoms with Gasteiger partial charge in [0.2, 0.25) is 0 Å². The fourth-order valence-electron chi connectivity index (χ4n) is 3.12. The van der Waals surface area contributed by atoms with E-state index in [0.717, 1.165) is 30.5 Å². The van der Waals surface area contributed by atoms with Crippen LogP contribution in [0.3, 0.4) is 0 Å². The van der Waals surface area contributed by atoms with Gasteiger partial charge in [-0.1, -0.05) is 64.0 Å². The zero-order valence-corrected chi connectivity index (χ0v) is 20.2. The van der Waals surface area contributed by atoms with Crippen molar-refractivity contribution in [2.45, 2.75) is 69.6 Å². The van der Waals surface area contributed by atoms with Gasteiger partial charge in [0.15, 0.2) is 0 Å². The van der Waals surface area contributed by atoms with Gasteiger partial charge in [0.1, 0.15) is 11.5 Å². The molecule has 29 heavy (non-hydrogen) atoms. The molecule has 0 spiro atoms. The SMILES string of the molecule is CCCCCCCCCCc1cccc(Oc2cc([O-])cc(S(=O)(=O)O)c2)c1.[Na+]. The Hall–Kier alpha value is -1.05. The molecule has 0 atom stereocenters. The maximum atomic E-state index is 11.6. The molecule has 2 aromatic rings. The van der Waals surface area contributed by atoms with Crippen LogP contribution in [0.4, 0.5) is 0 Å². The van der Waals surface area contributed by atoms with Crippen molar-refractivity contribution in [1.82, 2.24) is 0 Å². The minimum Gasteiger partial charge on any atom is -0.872 e. The molecule has 0 radical (unpaired) electrons. The van der Waals surface area contributed by atoms with Crippen LogP contribution in [0.2, 0.25) is 0 Å². The Morgan fingerprint density at radius 3 is 2.21 bits per heavy atom. The molecule has 0 heterocycles. The van der Waals surface area contributed by atoms with Gasteiger partial charge in [0.25, 0.3) is 10.1 Å². The first kappa shape index (κ1) is 26.0. The number of unbranched alkanes of at least 4 members (excludes halogenated alkanes) is 7. The van der Waals surface area contributed by atoms with Crippen molar-refractivity contribution in [3.63, 3.8) is 0 Å². The fraction of sp³-hybridized carbons (Fsp3) is 0.455. The maximum Gasteiger partial charge on any atom is 1.00 e. The van der Waals surface area contributed by atoms with E-state index in [1.807, 2.05) is 18.2 Å². The topological polar surface area (TPSA) is 86.7 Å². The standard InChI is InChI=1S/C22H30O5S.Na/c1-2-3-4-5-6-7-8-9-11-18-12-10-13-20(14-18)27-21-15-19(23)16-22(17-21)28(24,25)26;/h10,12-17,23H,2-9,11H2,1H3,(H,24,25,26);/q;+1/p-1. The maximum absolute atomic E-state index is 11.6. The first-order valence-corrected chi connectivity index (χ1v) is 11.4. The number of ether oxygens (including phenoxy) is 1. The quantitative estimate of drug-likeness (QED) is 0.319. The minimum absolute atomic E-state index is 0. The Bertz CT molecular complexity index is 852. The molecule has 0 aliphatic carbocycles. The summed E-state index contributed by atoms with van der Waals surface area (Å²) in [5, 5.41) is 11.6. The van der Waals surface area contributed by atoms with E-state index in [9.17, 15) is 13.5 Å². The number of hydrogen-bond acceptors (Lipinski definition) is 4. The second kappa shape index (κ2) is 13.3. The summed E-state index contributed by atoms with van der Waals surface area (Å²) in [6.07, 6.45) is 11.1. The van der Waals surface area contributed by atoms with Gasteiger partial charge < -0.3 is 9.84 Å². The third kappa shape index (κ3) is 10.0. The van der Waals surface area contributed by atoms with Crippen LogP contribution in [0.5, 0.6) is 17.2 Å². The van der Waals surface area contributed by atoms with Crippen LogP contribution in [0.25, 0.3) is 0 Å². The second-order valence-electron chi connectivity index (χ2n) is 7.09. The molecule has 1 N–H and O–H groups in total. The summed E-state index contributed by atoms with van der Waals surface area (Å²) < 4.78 is 37.3. The molecule has 0 unspecified atom stereocenters. The number of benzene rings is 2. The average molecular weight is 429 g/mol. The van der Waals surface area contributed by atoms with Crippen LogP contribution in [0, 0.1) is 0 Å². The largest absolute Gasteiger partial charge is 1.00 e. The Morgan fingerprint density at radius 2 is 1.55 bits per heavy atom. The summed E-state index contributed by atoms with van der Waals surface area (Å²) in [6.45, 7) is 2.22. The van der Waals surface area contributed by atoms with Crippen molar-refractivity contribution < 1.29 is 52.4 Å². The molecule has 0 aliphatic rings. The van der Waals surface area contributed by atoms with Crippen molar-refractivity contribution in [2.75, 3.05) is 0 Å². The molecule has 0 amide bonds. The molecule has 7 heteroatoms. The van der Waals surface area contributed by atoms with Crippen LogP contribution >= 0.6 is 0 Å². The predicted octanol–water partition coefficient (Wildman–Crippen LogP) is 2.49. The van der Waals surface area contributed by atoms with Crippen molar-refractivity contribution in [2.24, 2.45) is 0 Å². The van der Waals surface area contributed by atoms with Crippen LogP contribution in [-0.2, 0) is 16.5 Å². The van der Waals surface area contributed by atoms with E-state index in [2.05, 4.69) is 6.92 Å². The molecule has 5 nitrogen and oxygen atoms in total. The second-order valence-corrected chi connectivity index (χ2v) is 8.51. The Morgan fingerprint density at radius 1 is 0.897 bits per heavy atom. The van der Waals surface area contributed by atoms with E-state index < -0.39 is 20.8 Å². The molecular formula is C22H29NaO5S. The average Bonchev–Trinajstić information content (AvgIpc) is 2.63. The van der Waals surface area contributed by atoms with Crippen molar-refractivity contribution >= 4 is 10.1 Å². The summed E-state index contributed by atoms with van der Waals surface area (Å²) in [7, 11) is -4.45.